The van der Waals surface area contributed by atoms with Gasteiger partial charge in [-0.25, -0.2) is 5.84 Å². The van der Waals surface area contributed by atoms with E-state index < -0.39 is 0 Å². The average molecular weight is 467 g/mol. The van der Waals surface area contributed by atoms with Crippen LogP contribution in [0.4, 0.5) is 0 Å². The maximum absolute atomic E-state index is 13.1. The minimum atomic E-state index is -0.0466. The maximum atomic E-state index is 13.1. The standard InChI is InChI=1S/C25H24Cl2N4O/c1-17(13-31(28)15-19-8-10-29-11-9-19)20-4-5-21-16-30(25(32)24(21)23(27)12-20)14-18-2-6-22(26)7-3-18/h2-13,21H,14-16,28H2,1H3/b17-13+. The Balaban J connectivity index is 1.50. The number of halogens is 2. The van der Waals surface area contributed by atoms with Gasteiger partial charge in [0.2, 0.25) is 0 Å². The molecule has 1 aromatic carbocycles. The number of fused-ring (bicyclic) bond motifs is 1. The van der Waals surface area contributed by atoms with Crippen molar-refractivity contribution in [1.82, 2.24) is 14.9 Å². The Hall–Kier alpha value is -2.86. The molecule has 4 rings (SSSR count). The number of rotatable bonds is 6. The van der Waals surface area contributed by atoms with Crippen LogP contribution in [0.2, 0.25) is 5.02 Å². The second-order valence-electron chi connectivity index (χ2n) is 7.98. The molecule has 32 heavy (non-hydrogen) atoms. The van der Waals surface area contributed by atoms with E-state index >= 15 is 0 Å². The van der Waals surface area contributed by atoms with Crippen LogP contribution < -0.4 is 5.84 Å². The molecule has 2 aromatic rings. The molecule has 0 spiro atoms. The van der Waals surface area contributed by atoms with Crippen LogP contribution in [0.1, 0.15) is 18.1 Å². The van der Waals surface area contributed by atoms with Gasteiger partial charge in [0.25, 0.3) is 5.91 Å². The number of carbonyl (C=O) groups is 1. The van der Waals surface area contributed by atoms with Crippen LogP contribution in [-0.4, -0.2) is 27.3 Å². The van der Waals surface area contributed by atoms with Crippen molar-refractivity contribution in [2.24, 2.45) is 11.8 Å². The number of hydrazine groups is 1. The van der Waals surface area contributed by atoms with Crippen molar-refractivity contribution < 1.29 is 4.79 Å². The highest BCUT2D eigenvalue weighted by molar-refractivity contribution is 6.34. The lowest BCUT2D eigenvalue weighted by Crippen LogP contribution is -2.25. The number of allylic oxidation sites excluding steroid dienone is 5. The third-order valence-corrected chi connectivity index (χ3v) is 6.13. The van der Waals surface area contributed by atoms with Crippen LogP contribution in [0, 0.1) is 5.92 Å². The minimum Gasteiger partial charge on any atom is -0.334 e. The fourth-order valence-electron chi connectivity index (χ4n) is 3.92. The highest BCUT2D eigenvalue weighted by atomic mass is 35.5. The fraction of sp³-hybridized carbons (Fsp3) is 0.200. The zero-order valence-electron chi connectivity index (χ0n) is 17.7. The van der Waals surface area contributed by atoms with Crippen LogP contribution in [-0.2, 0) is 17.9 Å². The molecule has 2 heterocycles. The molecule has 1 atom stereocenters. The Morgan fingerprint density at radius 1 is 1.19 bits per heavy atom. The summed E-state index contributed by atoms with van der Waals surface area (Å²) in [5.41, 5.74) is 4.63. The summed E-state index contributed by atoms with van der Waals surface area (Å²) in [4.78, 5) is 18.9. The van der Waals surface area contributed by atoms with Gasteiger partial charge in [-0.2, -0.15) is 0 Å². The van der Waals surface area contributed by atoms with E-state index in [9.17, 15) is 4.79 Å². The number of carbonyl (C=O) groups excluding carboxylic acids is 1. The van der Waals surface area contributed by atoms with Gasteiger partial charge in [-0.3, -0.25) is 9.78 Å². The number of nitrogens with zero attached hydrogens (tertiary/aromatic N) is 3. The normalized spacial score (nSPS) is 18.6. The van der Waals surface area contributed by atoms with Crippen molar-refractivity contribution in [2.45, 2.75) is 20.0 Å². The first-order valence-corrected chi connectivity index (χ1v) is 11.1. The molecule has 2 aliphatic rings. The first kappa shape index (κ1) is 22.3. The van der Waals surface area contributed by atoms with Crippen LogP contribution in [0.25, 0.3) is 0 Å². The lowest BCUT2D eigenvalue weighted by atomic mass is 10.0. The number of hydrogen-bond donors (Lipinski definition) is 1. The molecular weight excluding hydrogens is 443 g/mol. The van der Waals surface area contributed by atoms with Gasteiger partial charge in [0.1, 0.15) is 0 Å². The molecule has 1 saturated heterocycles. The zero-order chi connectivity index (χ0) is 22.7. The van der Waals surface area contributed by atoms with Gasteiger partial charge >= 0.3 is 0 Å². The SMILES string of the molecule is C/C(=C\N(N)Cc1ccncc1)C1=CC(Cl)=C2C(=O)N(Cc3ccc(Cl)cc3)CC2C=C1. The van der Waals surface area contributed by atoms with Crippen LogP contribution in [0.3, 0.4) is 0 Å². The fourth-order valence-corrected chi connectivity index (χ4v) is 4.38. The molecular formula is C25H24Cl2N4O. The van der Waals surface area contributed by atoms with E-state index in [1.807, 2.05) is 66.6 Å². The monoisotopic (exact) mass is 466 g/mol. The molecule has 1 amide bonds. The van der Waals surface area contributed by atoms with Crippen LogP contribution in [0.5, 0.6) is 0 Å². The van der Waals surface area contributed by atoms with E-state index in [0.717, 1.165) is 22.3 Å². The molecule has 0 saturated carbocycles. The minimum absolute atomic E-state index is 0.0307. The van der Waals surface area contributed by atoms with Crippen molar-refractivity contribution in [3.05, 3.63) is 111 Å². The Labute approximate surface area is 198 Å². The van der Waals surface area contributed by atoms with E-state index in [0.29, 0.717) is 35.3 Å². The summed E-state index contributed by atoms with van der Waals surface area (Å²) in [6.45, 7) is 3.67. The first-order valence-electron chi connectivity index (χ1n) is 10.3. The molecule has 1 aliphatic carbocycles. The first-order chi connectivity index (χ1) is 15.4. The largest absolute Gasteiger partial charge is 0.334 e. The summed E-state index contributed by atoms with van der Waals surface area (Å²) < 4.78 is 0. The third-order valence-electron chi connectivity index (χ3n) is 5.57. The molecule has 1 unspecified atom stereocenters. The van der Waals surface area contributed by atoms with Gasteiger partial charge in [0, 0.05) is 48.2 Å². The second-order valence-corrected chi connectivity index (χ2v) is 8.82. The molecule has 1 aliphatic heterocycles. The van der Waals surface area contributed by atoms with Crippen LogP contribution in [0.15, 0.2) is 95.0 Å². The molecule has 0 radical (unpaired) electrons. The van der Waals surface area contributed by atoms with E-state index in [4.69, 9.17) is 29.0 Å². The number of pyridine rings is 1. The van der Waals surface area contributed by atoms with Crippen LogP contribution >= 0.6 is 23.2 Å². The molecule has 2 N–H and O–H groups in total. The number of amides is 1. The Kier molecular flexibility index (Phi) is 6.80. The number of nitrogens with two attached hydrogens (primary N) is 1. The van der Waals surface area contributed by atoms with Gasteiger partial charge < -0.3 is 9.91 Å². The van der Waals surface area contributed by atoms with Gasteiger partial charge in [0.15, 0.2) is 0 Å². The number of aromatic nitrogens is 1. The van der Waals surface area contributed by atoms with Gasteiger partial charge in [-0.15, -0.1) is 0 Å². The van der Waals surface area contributed by atoms with Gasteiger partial charge in [-0.05, 0) is 59.5 Å². The van der Waals surface area contributed by atoms with Crippen molar-refractivity contribution in [3.63, 3.8) is 0 Å². The molecule has 1 fully saturated rings. The average Bonchev–Trinajstić information content (AvgIpc) is 2.97. The lowest BCUT2D eigenvalue weighted by molar-refractivity contribution is -0.125. The number of hydrogen-bond acceptors (Lipinski definition) is 4. The van der Waals surface area contributed by atoms with Crippen molar-refractivity contribution in [3.8, 4) is 0 Å². The van der Waals surface area contributed by atoms with Crippen molar-refractivity contribution in [1.29, 1.82) is 0 Å². The molecule has 7 heteroatoms. The molecule has 5 nitrogen and oxygen atoms in total. The summed E-state index contributed by atoms with van der Waals surface area (Å²) in [6, 6.07) is 11.4. The third kappa shape index (κ3) is 5.13. The molecule has 0 bridgehead atoms. The van der Waals surface area contributed by atoms with Crippen molar-refractivity contribution >= 4 is 29.1 Å². The predicted molar refractivity (Wildman–Crippen MR) is 128 cm³/mol. The number of likely N-dealkylation sites (tertiary alicyclic amines) is 1. The van der Waals surface area contributed by atoms with Gasteiger partial charge in [-0.1, -0.05) is 47.5 Å². The Morgan fingerprint density at radius 3 is 2.62 bits per heavy atom. The molecule has 1 aromatic heterocycles. The van der Waals surface area contributed by atoms with Crippen molar-refractivity contribution in [2.75, 3.05) is 6.54 Å². The van der Waals surface area contributed by atoms with Gasteiger partial charge in [0.05, 0.1) is 11.6 Å². The Morgan fingerprint density at radius 2 is 1.91 bits per heavy atom. The van der Waals surface area contributed by atoms with E-state index in [2.05, 4.69) is 11.1 Å². The van der Waals surface area contributed by atoms with E-state index in [-0.39, 0.29) is 11.8 Å². The summed E-state index contributed by atoms with van der Waals surface area (Å²) in [5.74, 6) is 6.10. The molecule has 164 valence electrons. The van der Waals surface area contributed by atoms with E-state index in [1.54, 1.807) is 17.4 Å². The lowest BCUT2D eigenvalue weighted by Gasteiger charge is -2.16. The highest BCUT2D eigenvalue weighted by Crippen LogP contribution is 2.35. The maximum Gasteiger partial charge on any atom is 0.252 e. The summed E-state index contributed by atoms with van der Waals surface area (Å²) in [7, 11) is 0. The zero-order valence-corrected chi connectivity index (χ0v) is 19.2. The predicted octanol–water partition coefficient (Wildman–Crippen LogP) is 4.96. The highest BCUT2D eigenvalue weighted by Gasteiger charge is 2.36. The topological polar surface area (TPSA) is 62.5 Å². The summed E-state index contributed by atoms with van der Waals surface area (Å²) in [6.07, 6.45) is 11.3. The summed E-state index contributed by atoms with van der Waals surface area (Å²) >= 11 is 12.6. The quantitative estimate of drug-likeness (QED) is 0.482. The smallest absolute Gasteiger partial charge is 0.252 e. The Bertz CT molecular complexity index is 1120. The summed E-state index contributed by atoms with van der Waals surface area (Å²) in [5, 5.41) is 2.79. The van der Waals surface area contributed by atoms with E-state index in [1.165, 1.54) is 0 Å². The second kappa shape index (κ2) is 9.74. The number of benzene rings is 1.